The van der Waals surface area contributed by atoms with E-state index in [-0.39, 0.29) is 12.1 Å². The average molecular weight is 141 g/mol. The Morgan fingerprint density at radius 2 is 2.30 bits per heavy atom. The lowest BCUT2D eigenvalue weighted by Crippen LogP contribution is -2.21. The lowest BCUT2D eigenvalue weighted by Gasteiger charge is -2.18. The van der Waals surface area contributed by atoms with Crippen molar-refractivity contribution in [3.8, 4) is 0 Å². The van der Waals surface area contributed by atoms with Crippen molar-refractivity contribution in [1.29, 1.82) is 0 Å². The first kappa shape index (κ1) is 6.82. The van der Waals surface area contributed by atoms with Crippen molar-refractivity contribution < 1.29 is 15.1 Å². The van der Waals surface area contributed by atoms with E-state index in [0.29, 0.717) is 5.06 Å². The zero-order valence-electron chi connectivity index (χ0n) is 5.24. The molecule has 0 fully saturated rings. The summed E-state index contributed by atoms with van der Waals surface area (Å²) in [5.74, 6) is -0.856. The van der Waals surface area contributed by atoms with Gasteiger partial charge in [-0.25, -0.2) is 5.06 Å². The fourth-order valence-corrected chi connectivity index (χ4v) is 0.636. The van der Waals surface area contributed by atoms with Crippen LogP contribution in [0.3, 0.4) is 0 Å². The quantitative estimate of drug-likeness (QED) is 0.517. The average Bonchev–Trinajstić information content (AvgIpc) is 1.84. The number of ketones is 1. The first-order valence-corrected chi connectivity index (χ1v) is 2.71. The van der Waals surface area contributed by atoms with Crippen LogP contribution in [0.4, 0.5) is 0 Å². The van der Waals surface area contributed by atoms with Gasteiger partial charge in [-0.1, -0.05) is 6.58 Å². The molecule has 0 bridgehead atoms. The molecule has 0 unspecified atom stereocenters. The Kier molecular flexibility index (Phi) is 1.47. The second-order valence-corrected chi connectivity index (χ2v) is 2.03. The molecule has 0 aromatic carbocycles. The lowest BCUT2D eigenvalue weighted by atomic mass is 10.1. The summed E-state index contributed by atoms with van der Waals surface area (Å²) in [5.41, 5.74) is 0.266. The van der Waals surface area contributed by atoms with Crippen molar-refractivity contribution in [3.63, 3.8) is 0 Å². The normalized spacial score (nSPS) is 19.3. The molecule has 1 rings (SSSR count). The highest BCUT2D eigenvalue weighted by atomic mass is 16.5. The van der Waals surface area contributed by atoms with Crippen LogP contribution in [0.1, 0.15) is 6.42 Å². The molecule has 0 aromatic rings. The van der Waals surface area contributed by atoms with E-state index in [1.807, 2.05) is 0 Å². The Morgan fingerprint density at radius 3 is 2.80 bits per heavy atom. The summed E-state index contributed by atoms with van der Waals surface area (Å²) in [7, 11) is 0. The van der Waals surface area contributed by atoms with Crippen molar-refractivity contribution in [1.82, 2.24) is 5.06 Å². The van der Waals surface area contributed by atoms with E-state index < -0.39 is 11.5 Å². The summed E-state index contributed by atoms with van der Waals surface area (Å²) in [6, 6.07) is 0. The van der Waals surface area contributed by atoms with Crippen molar-refractivity contribution in [2.45, 2.75) is 6.42 Å². The molecule has 0 amide bonds. The van der Waals surface area contributed by atoms with E-state index in [4.69, 9.17) is 10.3 Å². The summed E-state index contributed by atoms with van der Waals surface area (Å²) in [6.07, 6.45) is 0.896. The molecule has 0 atom stereocenters. The molecule has 1 aliphatic rings. The molecule has 0 aromatic heterocycles. The first-order valence-electron chi connectivity index (χ1n) is 2.71. The maximum Gasteiger partial charge on any atom is 0.204 e. The Bertz CT molecular complexity index is 219. The highest BCUT2D eigenvalue weighted by molar-refractivity contribution is 5.95. The number of nitrogens with zero attached hydrogens (tertiary/aromatic N) is 1. The highest BCUT2D eigenvalue weighted by Gasteiger charge is 2.18. The third-order valence-corrected chi connectivity index (χ3v) is 1.22. The number of aliphatic hydroxyl groups is 1. The summed E-state index contributed by atoms with van der Waals surface area (Å²) in [6.45, 7) is 3.38. The number of rotatable bonds is 0. The van der Waals surface area contributed by atoms with Gasteiger partial charge in [-0.15, -0.1) is 0 Å². The fraction of sp³-hybridized carbons (Fsp3) is 0.167. The van der Waals surface area contributed by atoms with Gasteiger partial charge in [0, 0.05) is 5.70 Å². The molecule has 4 nitrogen and oxygen atoms in total. The predicted octanol–water partition coefficient (Wildman–Crippen LogP) is 0.563. The lowest BCUT2D eigenvalue weighted by molar-refractivity contribution is -0.120. The number of carbonyl (C=O) groups is 1. The largest absolute Gasteiger partial charge is 0.503 e. The zero-order chi connectivity index (χ0) is 7.72. The number of allylic oxidation sites excluding steroid dienone is 2. The Hall–Kier alpha value is -1.29. The van der Waals surface area contributed by atoms with E-state index >= 15 is 0 Å². The number of hydrogen-bond donors (Lipinski definition) is 2. The van der Waals surface area contributed by atoms with Gasteiger partial charge in [-0.3, -0.25) is 10.0 Å². The molecular formula is C6H7NO3. The van der Waals surface area contributed by atoms with Crippen LogP contribution in [0.5, 0.6) is 0 Å². The minimum absolute atomic E-state index is 0.0289. The Morgan fingerprint density at radius 1 is 1.70 bits per heavy atom. The third kappa shape index (κ3) is 1.01. The molecule has 0 saturated heterocycles. The molecule has 2 N–H and O–H groups in total. The summed E-state index contributed by atoms with van der Waals surface area (Å²) in [4.78, 5) is 10.6. The van der Waals surface area contributed by atoms with Gasteiger partial charge in [0.15, 0.2) is 5.76 Å². The van der Waals surface area contributed by atoms with Gasteiger partial charge in [0.1, 0.15) is 0 Å². The molecular weight excluding hydrogens is 134 g/mol. The highest BCUT2D eigenvalue weighted by Crippen LogP contribution is 2.14. The molecule has 0 aliphatic carbocycles. The number of carbonyl (C=O) groups excluding carboxylic acids is 1. The van der Waals surface area contributed by atoms with Crippen LogP contribution >= 0.6 is 0 Å². The molecule has 0 saturated carbocycles. The maximum atomic E-state index is 10.6. The molecule has 54 valence electrons. The SMILES string of the molecule is C=C1CC(=O)C(O)=CN1O. The summed E-state index contributed by atoms with van der Waals surface area (Å²) in [5, 5.41) is 18.2. The van der Waals surface area contributed by atoms with Crippen LogP contribution in [0, 0.1) is 0 Å². The molecule has 1 heterocycles. The number of Topliss-reactive ketones (excluding diaryl/α,β-unsaturated/α-hetero) is 1. The molecule has 10 heavy (non-hydrogen) atoms. The second kappa shape index (κ2) is 2.15. The van der Waals surface area contributed by atoms with Crippen LogP contribution in [0.25, 0.3) is 0 Å². The number of hydrogen-bond acceptors (Lipinski definition) is 4. The van der Waals surface area contributed by atoms with Gasteiger partial charge >= 0.3 is 0 Å². The van der Waals surface area contributed by atoms with Crippen LogP contribution in [0.2, 0.25) is 0 Å². The number of hydroxylamine groups is 2. The van der Waals surface area contributed by atoms with Gasteiger partial charge < -0.3 is 5.11 Å². The van der Waals surface area contributed by atoms with Crippen molar-refractivity contribution >= 4 is 5.78 Å². The standard InChI is InChI=1S/C6H7NO3/c1-4-2-5(8)6(9)3-7(4)10/h3,9-10H,1-2H2. The molecule has 4 heteroatoms. The van der Waals surface area contributed by atoms with Crippen molar-refractivity contribution in [2.75, 3.05) is 0 Å². The van der Waals surface area contributed by atoms with E-state index in [2.05, 4.69) is 6.58 Å². The van der Waals surface area contributed by atoms with Gasteiger partial charge in [0.2, 0.25) is 5.78 Å². The van der Waals surface area contributed by atoms with Gasteiger partial charge in [-0.2, -0.15) is 0 Å². The predicted molar refractivity (Wildman–Crippen MR) is 33.1 cm³/mol. The van der Waals surface area contributed by atoms with Crippen LogP contribution in [-0.2, 0) is 4.79 Å². The summed E-state index contributed by atoms with van der Waals surface area (Å²) < 4.78 is 0. The van der Waals surface area contributed by atoms with E-state index in [0.717, 1.165) is 6.20 Å². The van der Waals surface area contributed by atoms with E-state index in [9.17, 15) is 4.79 Å². The molecule has 0 radical (unpaired) electrons. The van der Waals surface area contributed by atoms with Gasteiger partial charge in [-0.05, 0) is 0 Å². The first-order chi connectivity index (χ1) is 4.61. The van der Waals surface area contributed by atoms with Crippen LogP contribution < -0.4 is 0 Å². The van der Waals surface area contributed by atoms with Gasteiger partial charge in [0.05, 0.1) is 12.6 Å². The number of aliphatic hydroxyl groups excluding tert-OH is 1. The Balaban J connectivity index is 2.89. The second-order valence-electron chi connectivity index (χ2n) is 2.03. The van der Waals surface area contributed by atoms with Crippen molar-refractivity contribution in [2.24, 2.45) is 0 Å². The maximum absolute atomic E-state index is 10.6. The van der Waals surface area contributed by atoms with Crippen LogP contribution in [-0.4, -0.2) is 21.2 Å². The van der Waals surface area contributed by atoms with Crippen LogP contribution in [0.15, 0.2) is 24.2 Å². The molecule has 0 spiro atoms. The zero-order valence-corrected chi connectivity index (χ0v) is 5.24. The minimum atomic E-state index is -0.435. The van der Waals surface area contributed by atoms with E-state index in [1.54, 1.807) is 0 Å². The third-order valence-electron chi connectivity index (χ3n) is 1.22. The monoisotopic (exact) mass is 141 g/mol. The topological polar surface area (TPSA) is 60.8 Å². The Labute approximate surface area is 57.6 Å². The van der Waals surface area contributed by atoms with Gasteiger partial charge in [0.25, 0.3) is 0 Å². The smallest absolute Gasteiger partial charge is 0.204 e. The minimum Gasteiger partial charge on any atom is -0.503 e. The van der Waals surface area contributed by atoms with E-state index in [1.165, 1.54) is 0 Å². The summed E-state index contributed by atoms with van der Waals surface area (Å²) >= 11 is 0. The van der Waals surface area contributed by atoms with Crippen molar-refractivity contribution in [3.05, 3.63) is 24.2 Å². The molecule has 1 aliphatic heterocycles. The fourth-order valence-electron chi connectivity index (χ4n) is 0.636.